The van der Waals surface area contributed by atoms with Crippen molar-refractivity contribution < 1.29 is 19.0 Å². The van der Waals surface area contributed by atoms with Crippen molar-refractivity contribution in [1.82, 2.24) is 4.98 Å². The highest BCUT2D eigenvalue weighted by molar-refractivity contribution is 7.16. The summed E-state index contributed by atoms with van der Waals surface area (Å²) in [4.78, 5) is 16.2. The van der Waals surface area contributed by atoms with Crippen LogP contribution in [-0.4, -0.2) is 23.2 Å². The number of carboxylic acid groups (broad SMARTS) is 1. The van der Waals surface area contributed by atoms with Crippen LogP contribution in [0.1, 0.15) is 4.88 Å². The largest absolute Gasteiger partial charge is 0.497 e. The molecule has 128 valence electrons. The quantitative estimate of drug-likeness (QED) is 0.686. The number of ether oxygens (including phenoxy) is 1. The fourth-order valence-electron chi connectivity index (χ4n) is 2.29. The molecule has 3 aromatic rings. The van der Waals surface area contributed by atoms with Crippen molar-refractivity contribution in [2.24, 2.45) is 0 Å². The fraction of sp³-hybridized carbons (Fsp3) is 0.111. The highest BCUT2D eigenvalue weighted by Crippen LogP contribution is 2.33. The fourth-order valence-corrected chi connectivity index (χ4v) is 3.29. The number of aromatic nitrogens is 1. The number of hydrogen-bond acceptors (Lipinski definition) is 5. The molecule has 0 spiro atoms. The van der Waals surface area contributed by atoms with E-state index in [1.807, 2.05) is 24.3 Å². The lowest BCUT2D eigenvalue weighted by Crippen LogP contribution is -1.99. The lowest BCUT2D eigenvalue weighted by Gasteiger charge is -2.04. The molecule has 0 atom stereocenters. The molecule has 0 unspecified atom stereocenters. The Morgan fingerprint density at radius 2 is 1.88 bits per heavy atom. The first kappa shape index (κ1) is 16.9. The molecule has 0 aliphatic carbocycles. The Morgan fingerprint density at radius 1 is 1.20 bits per heavy atom. The number of halogens is 1. The smallest absolute Gasteiger partial charge is 0.308 e. The Kier molecular flexibility index (Phi) is 4.95. The van der Waals surface area contributed by atoms with Crippen molar-refractivity contribution in [2.75, 3.05) is 12.4 Å². The number of anilines is 2. The zero-order valence-corrected chi connectivity index (χ0v) is 14.1. The number of hydrogen-bond donors (Lipinski definition) is 2. The van der Waals surface area contributed by atoms with E-state index >= 15 is 0 Å². The molecule has 5 nitrogen and oxygen atoms in total. The number of nitrogens with zero attached hydrogens (tertiary/aromatic N) is 1. The molecule has 1 heterocycles. The summed E-state index contributed by atoms with van der Waals surface area (Å²) in [7, 11) is 1.59. The van der Waals surface area contributed by atoms with Crippen molar-refractivity contribution in [3.05, 3.63) is 59.2 Å². The van der Waals surface area contributed by atoms with Gasteiger partial charge in [-0.3, -0.25) is 4.79 Å². The zero-order chi connectivity index (χ0) is 17.8. The van der Waals surface area contributed by atoms with E-state index in [1.54, 1.807) is 19.2 Å². The summed E-state index contributed by atoms with van der Waals surface area (Å²) in [6.07, 6.45) is -0.144. The van der Waals surface area contributed by atoms with Gasteiger partial charge in [0.05, 0.1) is 19.2 Å². The maximum absolute atomic E-state index is 13.1. The second kappa shape index (κ2) is 7.31. The van der Waals surface area contributed by atoms with Crippen LogP contribution in [0.15, 0.2) is 48.5 Å². The topological polar surface area (TPSA) is 71.5 Å². The van der Waals surface area contributed by atoms with Gasteiger partial charge in [0, 0.05) is 16.1 Å². The lowest BCUT2D eigenvalue weighted by atomic mass is 10.1. The number of carboxylic acids is 1. The SMILES string of the molecule is COc1ccc(Nc2nc(-c3ccc(F)cc3)c(CC(=O)O)s2)cc1. The summed E-state index contributed by atoms with van der Waals surface area (Å²) in [5.41, 5.74) is 2.03. The standard InChI is InChI=1S/C18H15FN2O3S/c1-24-14-8-6-13(7-9-14)20-18-21-17(15(25-18)10-16(22)23)11-2-4-12(19)5-3-11/h2-9H,10H2,1H3,(H,20,21)(H,22,23). The van der Waals surface area contributed by atoms with Crippen LogP contribution in [0.4, 0.5) is 15.2 Å². The summed E-state index contributed by atoms with van der Waals surface area (Å²) in [6, 6.07) is 13.2. The van der Waals surface area contributed by atoms with Gasteiger partial charge in [0.15, 0.2) is 5.13 Å². The van der Waals surface area contributed by atoms with Crippen molar-refractivity contribution >= 4 is 28.1 Å². The van der Waals surface area contributed by atoms with Crippen LogP contribution in [0.25, 0.3) is 11.3 Å². The molecular weight excluding hydrogens is 343 g/mol. The minimum absolute atomic E-state index is 0.144. The lowest BCUT2D eigenvalue weighted by molar-refractivity contribution is -0.136. The molecule has 2 aromatic carbocycles. The van der Waals surface area contributed by atoms with Gasteiger partial charge in [0.1, 0.15) is 11.6 Å². The van der Waals surface area contributed by atoms with Crippen molar-refractivity contribution in [3.63, 3.8) is 0 Å². The molecule has 0 fully saturated rings. The molecule has 3 rings (SSSR count). The summed E-state index contributed by atoms with van der Waals surface area (Å²) in [6.45, 7) is 0. The predicted molar refractivity (Wildman–Crippen MR) is 95.1 cm³/mol. The minimum atomic E-state index is -0.942. The Labute approximate surface area is 147 Å². The van der Waals surface area contributed by atoms with E-state index in [-0.39, 0.29) is 12.2 Å². The number of carbonyl (C=O) groups is 1. The normalized spacial score (nSPS) is 10.5. The molecule has 0 aliphatic heterocycles. The first-order valence-electron chi connectivity index (χ1n) is 7.43. The number of benzene rings is 2. The summed E-state index contributed by atoms with van der Waals surface area (Å²) >= 11 is 1.26. The maximum atomic E-state index is 13.1. The Bertz CT molecular complexity index is 876. The molecule has 0 aliphatic rings. The van der Waals surface area contributed by atoms with E-state index in [0.29, 0.717) is 21.3 Å². The van der Waals surface area contributed by atoms with Crippen LogP contribution < -0.4 is 10.1 Å². The number of aliphatic carboxylic acids is 1. The second-order valence-electron chi connectivity index (χ2n) is 5.22. The van der Waals surface area contributed by atoms with Crippen molar-refractivity contribution in [2.45, 2.75) is 6.42 Å². The van der Waals surface area contributed by atoms with Crippen molar-refractivity contribution in [1.29, 1.82) is 0 Å². The van der Waals surface area contributed by atoms with Gasteiger partial charge in [-0.1, -0.05) is 0 Å². The molecule has 1 aromatic heterocycles. The first-order chi connectivity index (χ1) is 12.0. The van der Waals surface area contributed by atoms with Gasteiger partial charge in [-0.15, -0.1) is 11.3 Å². The maximum Gasteiger partial charge on any atom is 0.308 e. The van der Waals surface area contributed by atoms with Crippen LogP contribution in [0.5, 0.6) is 5.75 Å². The van der Waals surface area contributed by atoms with Gasteiger partial charge in [-0.05, 0) is 48.5 Å². The van der Waals surface area contributed by atoms with Crippen LogP contribution in [0.3, 0.4) is 0 Å². The van der Waals surface area contributed by atoms with Gasteiger partial charge in [0.25, 0.3) is 0 Å². The third-order valence-electron chi connectivity index (χ3n) is 3.47. The molecule has 2 N–H and O–H groups in total. The van der Waals surface area contributed by atoms with Crippen LogP contribution in [0.2, 0.25) is 0 Å². The highest BCUT2D eigenvalue weighted by Gasteiger charge is 2.16. The van der Waals surface area contributed by atoms with E-state index in [9.17, 15) is 9.18 Å². The molecule has 0 bridgehead atoms. The van der Waals surface area contributed by atoms with E-state index in [1.165, 1.54) is 23.5 Å². The summed E-state index contributed by atoms with van der Waals surface area (Å²) < 4.78 is 18.3. The predicted octanol–water partition coefficient (Wildman–Crippen LogP) is 4.33. The van der Waals surface area contributed by atoms with Gasteiger partial charge in [0.2, 0.25) is 0 Å². The third kappa shape index (κ3) is 4.13. The highest BCUT2D eigenvalue weighted by atomic mass is 32.1. The van der Waals surface area contributed by atoms with Gasteiger partial charge >= 0.3 is 5.97 Å². The Hall–Kier alpha value is -2.93. The van der Waals surface area contributed by atoms with Gasteiger partial charge < -0.3 is 15.2 Å². The second-order valence-corrected chi connectivity index (χ2v) is 6.31. The molecule has 7 heteroatoms. The average molecular weight is 358 g/mol. The molecule has 0 saturated carbocycles. The number of nitrogens with one attached hydrogen (secondary N) is 1. The molecule has 25 heavy (non-hydrogen) atoms. The Balaban J connectivity index is 1.91. The zero-order valence-electron chi connectivity index (χ0n) is 13.3. The molecule has 0 saturated heterocycles. The number of methoxy groups -OCH3 is 1. The van der Waals surface area contributed by atoms with Gasteiger partial charge in [-0.25, -0.2) is 9.37 Å². The first-order valence-corrected chi connectivity index (χ1v) is 8.25. The van der Waals surface area contributed by atoms with Crippen molar-refractivity contribution in [3.8, 4) is 17.0 Å². The number of rotatable bonds is 6. The minimum Gasteiger partial charge on any atom is -0.497 e. The van der Waals surface area contributed by atoms with E-state index in [2.05, 4.69) is 10.3 Å². The molecule has 0 amide bonds. The van der Waals surface area contributed by atoms with Gasteiger partial charge in [-0.2, -0.15) is 0 Å². The van der Waals surface area contributed by atoms with E-state index in [0.717, 1.165) is 11.4 Å². The monoisotopic (exact) mass is 358 g/mol. The third-order valence-corrected chi connectivity index (χ3v) is 4.44. The van der Waals surface area contributed by atoms with E-state index < -0.39 is 5.97 Å². The summed E-state index contributed by atoms with van der Waals surface area (Å²) in [5.74, 6) is -0.554. The summed E-state index contributed by atoms with van der Waals surface area (Å²) in [5, 5.41) is 12.8. The Morgan fingerprint density at radius 3 is 2.48 bits per heavy atom. The average Bonchev–Trinajstić information content (AvgIpc) is 2.98. The van der Waals surface area contributed by atoms with Crippen LogP contribution >= 0.6 is 11.3 Å². The molecule has 0 radical (unpaired) electrons. The van der Waals surface area contributed by atoms with Crippen LogP contribution in [0, 0.1) is 5.82 Å². The van der Waals surface area contributed by atoms with Crippen LogP contribution in [-0.2, 0) is 11.2 Å². The molecular formula is C18H15FN2O3S. The number of thiazole rings is 1. The van der Waals surface area contributed by atoms with E-state index in [4.69, 9.17) is 9.84 Å².